The van der Waals surface area contributed by atoms with Gasteiger partial charge in [-0.1, -0.05) is 30.3 Å². The largest absolute Gasteiger partial charge is 0.497 e. The van der Waals surface area contributed by atoms with Crippen LogP contribution in [0.25, 0.3) is 17.3 Å². The van der Waals surface area contributed by atoms with Crippen LogP contribution in [0.15, 0.2) is 60.7 Å². The molecule has 25 heavy (non-hydrogen) atoms. The lowest BCUT2D eigenvalue weighted by atomic mass is 10.1. The second-order valence-corrected chi connectivity index (χ2v) is 6.59. The van der Waals surface area contributed by atoms with Crippen molar-refractivity contribution in [1.29, 1.82) is 0 Å². The number of aryl methyl sites for hydroxylation is 1. The number of methoxy groups -OCH3 is 1. The van der Waals surface area contributed by atoms with E-state index in [1.165, 1.54) is 17.4 Å². The Morgan fingerprint density at radius 1 is 1.12 bits per heavy atom. The number of nitrogens with one attached hydrogen (secondary N) is 1. The van der Waals surface area contributed by atoms with Gasteiger partial charge >= 0.3 is 0 Å². The Balaban J connectivity index is 1.71. The number of nitrogens with zero attached hydrogens (tertiary/aromatic N) is 1. The van der Waals surface area contributed by atoms with Crippen LogP contribution < -0.4 is 10.1 Å². The van der Waals surface area contributed by atoms with E-state index in [9.17, 15) is 4.79 Å². The molecule has 126 valence electrons. The summed E-state index contributed by atoms with van der Waals surface area (Å²) in [7, 11) is 1.64. The lowest BCUT2D eigenvalue weighted by molar-refractivity contribution is -0.111. The third-order valence-corrected chi connectivity index (χ3v) is 4.50. The van der Waals surface area contributed by atoms with Gasteiger partial charge in [-0.2, -0.15) is 0 Å². The maximum atomic E-state index is 12.1. The molecule has 0 saturated carbocycles. The predicted molar refractivity (Wildman–Crippen MR) is 103 cm³/mol. The Hall–Kier alpha value is -2.92. The van der Waals surface area contributed by atoms with Gasteiger partial charge in [-0.25, -0.2) is 4.98 Å². The molecule has 0 aliphatic heterocycles. The minimum atomic E-state index is -0.195. The van der Waals surface area contributed by atoms with Crippen LogP contribution in [0.5, 0.6) is 5.75 Å². The molecule has 0 aliphatic carbocycles. The van der Waals surface area contributed by atoms with E-state index in [4.69, 9.17) is 4.74 Å². The third-order valence-electron chi connectivity index (χ3n) is 3.62. The molecule has 0 radical (unpaired) electrons. The van der Waals surface area contributed by atoms with Gasteiger partial charge in [0.2, 0.25) is 5.91 Å². The smallest absolute Gasteiger partial charge is 0.250 e. The molecule has 0 bridgehead atoms. The second kappa shape index (κ2) is 7.77. The van der Waals surface area contributed by atoms with Crippen LogP contribution in [0, 0.1) is 6.92 Å². The summed E-state index contributed by atoms with van der Waals surface area (Å²) in [6.45, 7) is 1.99. The maximum absolute atomic E-state index is 12.1. The number of carbonyl (C=O) groups is 1. The Labute approximate surface area is 150 Å². The molecule has 0 saturated heterocycles. The van der Waals surface area contributed by atoms with Crippen LogP contribution in [0.4, 0.5) is 5.13 Å². The fourth-order valence-corrected chi connectivity index (χ4v) is 3.19. The molecule has 1 amide bonds. The number of aromatic nitrogens is 1. The number of hydrogen-bond acceptors (Lipinski definition) is 4. The number of ether oxygens (including phenoxy) is 1. The van der Waals surface area contributed by atoms with Gasteiger partial charge in [-0.05, 0) is 42.8 Å². The second-order valence-electron chi connectivity index (χ2n) is 5.39. The molecule has 1 N–H and O–H groups in total. The van der Waals surface area contributed by atoms with Gasteiger partial charge in [0.15, 0.2) is 5.13 Å². The van der Waals surface area contributed by atoms with Crippen molar-refractivity contribution in [3.63, 3.8) is 0 Å². The number of benzene rings is 2. The SMILES string of the molecule is COc1ccc(-c2nc(NC(=O)C=Cc3ccccc3)sc2C)cc1. The number of amides is 1. The summed E-state index contributed by atoms with van der Waals surface area (Å²) >= 11 is 1.46. The minimum absolute atomic E-state index is 0.195. The fourth-order valence-electron chi connectivity index (χ4n) is 2.35. The van der Waals surface area contributed by atoms with Crippen molar-refractivity contribution in [2.75, 3.05) is 12.4 Å². The molecule has 1 heterocycles. The Bertz CT molecular complexity index is 884. The number of anilines is 1. The van der Waals surface area contributed by atoms with E-state index in [0.29, 0.717) is 5.13 Å². The average molecular weight is 350 g/mol. The summed E-state index contributed by atoms with van der Waals surface area (Å²) in [4.78, 5) is 17.7. The molecule has 3 aromatic rings. The van der Waals surface area contributed by atoms with E-state index in [-0.39, 0.29) is 5.91 Å². The van der Waals surface area contributed by atoms with Crippen LogP contribution in [0.1, 0.15) is 10.4 Å². The van der Waals surface area contributed by atoms with Crippen molar-refractivity contribution in [2.45, 2.75) is 6.92 Å². The monoisotopic (exact) mass is 350 g/mol. The lowest BCUT2D eigenvalue weighted by Crippen LogP contribution is -2.07. The first-order valence-corrected chi connectivity index (χ1v) is 8.63. The first-order valence-electron chi connectivity index (χ1n) is 7.81. The van der Waals surface area contributed by atoms with Crippen LogP contribution in [0.3, 0.4) is 0 Å². The molecule has 2 aromatic carbocycles. The van der Waals surface area contributed by atoms with E-state index in [1.807, 2.05) is 61.5 Å². The molecule has 0 spiro atoms. The molecule has 5 heteroatoms. The van der Waals surface area contributed by atoms with Crippen molar-refractivity contribution in [3.05, 3.63) is 71.1 Å². The van der Waals surface area contributed by atoms with E-state index in [0.717, 1.165) is 27.4 Å². The van der Waals surface area contributed by atoms with Gasteiger partial charge in [0.25, 0.3) is 0 Å². The van der Waals surface area contributed by atoms with Gasteiger partial charge < -0.3 is 4.74 Å². The third kappa shape index (κ3) is 4.33. The summed E-state index contributed by atoms with van der Waals surface area (Å²) in [5.74, 6) is 0.607. The van der Waals surface area contributed by atoms with Crippen LogP contribution in [-0.2, 0) is 4.79 Å². The first kappa shape index (κ1) is 16.9. The van der Waals surface area contributed by atoms with E-state index >= 15 is 0 Å². The standard InChI is InChI=1S/C20H18N2O2S/c1-14-19(16-9-11-17(24-2)12-10-16)22-20(25-14)21-18(23)13-8-15-6-4-3-5-7-15/h3-13H,1-2H3,(H,21,22,23). The van der Waals surface area contributed by atoms with Crippen LogP contribution in [0.2, 0.25) is 0 Å². The molecular formula is C20H18N2O2S. The van der Waals surface area contributed by atoms with E-state index in [1.54, 1.807) is 13.2 Å². The highest BCUT2D eigenvalue weighted by molar-refractivity contribution is 7.16. The molecule has 0 atom stereocenters. The Kier molecular flexibility index (Phi) is 5.26. The van der Waals surface area contributed by atoms with Gasteiger partial charge in [-0.3, -0.25) is 10.1 Å². The Morgan fingerprint density at radius 2 is 1.84 bits per heavy atom. The lowest BCUT2D eigenvalue weighted by Gasteiger charge is -2.01. The molecule has 0 fully saturated rings. The predicted octanol–water partition coefficient (Wildman–Crippen LogP) is 4.78. The normalized spacial score (nSPS) is 10.8. The molecule has 4 nitrogen and oxygen atoms in total. The summed E-state index contributed by atoms with van der Waals surface area (Å²) in [6, 6.07) is 17.4. The number of rotatable bonds is 5. The zero-order chi connectivity index (χ0) is 17.6. The quantitative estimate of drug-likeness (QED) is 0.674. The first-order chi connectivity index (χ1) is 12.2. The number of hydrogen-bond donors (Lipinski definition) is 1. The zero-order valence-corrected chi connectivity index (χ0v) is 14.8. The molecule has 1 aromatic heterocycles. The van der Waals surface area contributed by atoms with Gasteiger partial charge in [0, 0.05) is 16.5 Å². The van der Waals surface area contributed by atoms with Crippen LogP contribution in [-0.4, -0.2) is 18.0 Å². The Morgan fingerprint density at radius 3 is 2.52 bits per heavy atom. The minimum Gasteiger partial charge on any atom is -0.497 e. The van der Waals surface area contributed by atoms with Crippen LogP contribution >= 0.6 is 11.3 Å². The maximum Gasteiger partial charge on any atom is 0.250 e. The molecule has 3 rings (SSSR count). The number of thiazole rings is 1. The molecule has 0 unspecified atom stereocenters. The fraction of sp³-hybridized carbons (Fsp3) is 0.100. The summed E-state index contributed by atoms with van der Waals surface area (Å²) in [5.41, 5.74) is 2.84. The molecule has 0 aliphatic rings. The number of carbonyl (C=O) groups excluding carboxylic acids is 1. The van der Waals surface area contributed by atoms with Gasteiger partial charge in [0.05, 0.1) is 12.8 Å². The van der Waals surface area contributed by atoms with Crippen molar-refractivity contribution in [3.8, 4) is 17.0 Å². The van der Waals surface area contributed by atoms with Crippen molar-refractivity contribution in [2.24, 2.45) is 0 Å². The topological polar surface area (TPSA) is 51.2 Å². The zero-order valence-electron chi connectivity index (χ0n) is 14.0. The molecular weight excluding hydrogens is 332 g/mol. The summed E-state index contributed by atoms with van der Waals surface area (Å²) in [6.07, 6.45) is 3.29. The van der Waals surface area contributed by atoms with Gasteiger partial charge in [-0.15, -0.1) is 11.3 Å². The highest BCUT2D eigenvalue weighted by Crippen LogP contribution is 2.31. The summed E-state index contributed by atoms with van der Waals surface area (Å²) in [5, 5.41) is 3.41. The van der Waals surface area contributed by atoms with Gasteiger partial charge in [0.1, 0.15) is 5.75 Å². The van der Waals surface area contributed by atoms with E-state index < -0.39 is 0 Å². The van der Waals surface area contributed by atoms with E-state index in [2.05, 4.69) is 10.3 Å². The highest BCUT2D eigenvalue weighted by Gasteiger charge is 2.11. The average Bonchev–Trinajstić information content (AvgIpc) is 3.01. The van der Waals surface area contributed by atoms with Crippen molar-refractivity contribution < 1.29 is 9.53 Å². The summed E-state index contributed by atoms with van der Waals surface area (Å²) < 4.78 is 5.17. The van der Waals surface area contributed by atoms with Crippen molar-refractivity contribution >= 4 is 28.5 Å². The van der Waals surface area contributed by atoms with Crippen molar-refractivity contribution in [1.82, 2.24) is 4.98 Å². The highest BCUT2D eigenvalue weighted by atomic mass is 32.1.